The Morgan fingerprint density at radius 2 is 1.86 bits per heavy atom. The summed E-state index contributed by atoms with van der Waals surface area (Å²) in [6.07, 6.45) is 0.991. The van der Waals surface area contributed by atoms with Crippen LogP contribution in [-0.2, 0) is 17.0 Å². The second-order valence-corrected chi connectivity index (χ2v) is 7.79. The van der Waals surface area contributed by atoms with Crippen LogP contribution in [0.3, 0.4) is 0 Å². The fourth-order valence-corrected chi connectivity index (χ4v) is 3.36. The molecule has 0 fully saturated rings. The molecule has 1 N–H and O–H groups in total. The van der Waals surface area contributed by atoms with Gasteiger partial charge in [0, 0.05) is 11.3 Å². The summed E-state index contributed by atoms with van der Waals surface area (Å²) in [5.74, 6) is 2.25. The molecule has 0 aliphatic rings. The predicted octanol–water partition coefficient (Wildman–Crippen LogP) is 4.96. The van der Waals surface area contributed by atoms with Gasteiger partial charge in [0.25, 0.3) is 0 Å². The molecular weight excluding hydrogens is 386 g/mol. The Bertz CT molecular complexity index is 923. The normalized spacial score (nSPS) is 11.8. The first-order valence-electron chi connectivity index (χ1n) is 9.66. The van der Waals surface area contributed by atoms with Crippen LogP contribution in [0.25, 0.3) is 11.4 Å². The molecule has 3 aromatic rings. The highest BCUT2D eigenvalue weighted by molar-refractivity contribution is 7.99. The van der Waals surface area contributed by atoms with Gasteiger partial charge in [-0.25, -0.2) is 0 Å². The van der Waals surface area contributed by atoms with Crippen molar-refractivity contribution in [1.82, 2.24) is 10.1 Å². The highest BCUT2D eigenvalue weighted by Gasteiger charge is 2.16. The van der Waals surface area contributed by atoms with Gasteiger partial charge in [0.1, 0.15) is 5.75 Å². The van der Waals surface area contributed by atoms with Gasteiger partial charge in [-0.05, 0) is 50.1 Å². The Hall–Kier alpha value is -2.80. The monoisotopic (exact) mass is 411 g/mol. The molecule has 0 aliphatic carbocycles. The number of nitrogens with one attached hydrogen (secondary N) is 1. The fourth-order valence-electron chi connectivity index (χ4n) is 2.64. The molecule has 0 spiro atoms. The molecule has 1 heterocycles. The summed E-state index contributed by atoms with van der Waals surface area (Å²) in [4.78, 5) is 16.8. The van der Waals surface area contributed by atoms with Crippen molar-refractivity contribution < 1.29 is 14.1 Å². The predicted molar refractivity (Wildman–Crippen MR) is 116 cm³/mol. The standard InChI is InChI=1S/C22H25N3O3S/c1-4-16-6-8-17(9-7-16)21-24-20(28-25-21)14-29-15(3)22(26)23-18-10-12-19(13-11-18)27-5-2/h6-13,15H,4-5,14H2,1-3H3,(H,23,26). The van der Waals surface area contributed by atoms with Crippen molar-refractivity contribution in [3.63, 3.8) is 0 Å². The summed E-state index contributed by atoms with van der Waals surface area (Å²) >= 11 is 1.45. The van der Waals surface area contributed by atoms with E-state index in [-0.39, 0.29) is 11.2 Å². The lowest BCUT2D eigenvalue weighted by Crippen LogP contribution is -2.22. The molecular formula is C22H25N3O3S. The molecule has 0 aliphatic heterocycles. The van der Waals surface area contributed by atoms with E-state index in [0.717, 1.165) is 23.4 Å². The average molecular weight is 412 g/mol. The quantitative estimate of drug-likeness (QED) is 0.536. The van der Waals surface area contributed by atoms with E-state index in [1.807, 2.05) is 50.2 Å². The number of benzene rings is 2. The molecule has 1 aromatic heterocycles. The van der Waals surface area contributed by atoms with Crippen molar-refractivity contribution in [1.29, 1.82) is 0 Å². The second-order valence-electron chi connectivity index (χ2n) is 6.46. The molecule has 2 aromatic carbocycles. The summed E-state index contributed by atoms with van der Waals surface area (Å²) in [5.41, 5.74) is 2.92. The lowest BCUT2D eigenvalue weighted by Gasteiger charge is -2.11. The smallest absolute Gasteiger partial charge is 0.237 e. The lowest BCUT2D eigenvalue weighted by molar-refractivity contribution is -0.115. The SMILES string of the molecule is CCOc1ccc(NC(=O)C(C)SCc2nc(-c3ccc(CC)cc3)no2)cc1. The number of carbonyl (C=O) groups is 1. The van der Waals surface area contributed by atoms with Crippen LogP contribution >= 0.6 is 11.8 Å². The molecule has 1 unspecified atom stereocenters. The Morgan fingerprint density at radius 3 is 2.52 bits per heavy atom. The van der Waals surface area contributed by atoms with Crippen molar-refractivity contribution in [2.75, 3.05) is 11.9 Å². The Balaban J connectivity index is 1.51. The zero-order valence-electron chi connectivity index (χ0n) is 16.8. The number of amides is 1. The highest BCUT2D eigenvalue weighted by atomic mass is 32.2. The minimum Gasteiger partial charge on any atom is -0.494 e. The third-order valence-corrected chi connectivity index (χ3v) is 5.48. The second kappa shape index (κ2) is 10.1. The van der Waals surface area contributed by atoms with E-state index in [4.69, 9.17) is 9.26 Å². The minimum atomic E-state index is -0.263. The number of hydrogen-bond donors (Lipinski definition) is 1. The van der Waals surface area contributed by atoms with Crippen LogP contribution in [0.5, 0.6) is 5.75 Å². The molecule has 0 bridgehead atoms. The molecule has 6 nitrogen and oxygen atoms in total. The van der Waals surface area contributed by atoms with Crippen molar-refractivity contribution in [2.24, 2.45) is 0 Å². The van der Waals surface area contributed by atoms with Crippen LogP contribution in [0.2, 0.25) is 0 Å². The first kappa shape index (κ1) is 20.9. The number of nitrogens with zero attached hydrogens (tertiary/aromatic N) is 2. The van der Waals surface area contributed by atoms with E-state index >= 15 is 0 Å². The summed E-state index contributed by atoms with van der Waals surface area (Å²) in [6.45, 7) is 6.52. The van der Waals surface area contributed by atoms with Crippen LogP contribution in [0.1, 0.15) is 32.2 Å². The van der Waals surface area contributed by atoms with Crippen molar-refractivity contribution >= 4 is 23.4 Å². The largest absolute Gasteiger partial charge is 0.494 e. The van der Waals surface area contributed by atoms with E-state index < -0.39 is 0 Å². The zero-order valence-corrected chi connectivity index (χ0v) is 17.7. The molecule has 1 atom stereocenters. The van der Waals surface area contributed by atoms with Gasteiger partial charge in [-0.1, -0.05) is 36.3 Å². The van der Waals surface area contributed by atoms with Gasteiger partial charge < -0.3 is 14.6 Å². The van der Waals surface area contributed by atoms with E-state index in [9.17, 15) is 4.79 Å². The number of carbonyl (C=O) groups excluding carboxylic acids is 1. The summed E-state index contributed by atoms with van der Waals surface area (Å²) in [6, 6.07) is 15.4. The summed E-state index contributed by atoms with van der Waals surface area (Å²) in [7, 11) is 0. The van der Waals surface area contributed by atoms with Crippen molar-refractivity contribution in [3.05, 3.63) is 60.0 Å². The molecule has 1 amide bonds. The van der Waals surface area contributed by atoms with Gasteiger partial charge in [-0.2, -0.15) is 4.98 Å². The van der Waals surface area contributed by atoms with Crippen molar-refractivity contribution in [3.8, 4) is 17.1 Å². The van der Waals surface area contributed by atoms with Gasteiger partial charge >= 0.3 is 0 Å². The average Bonchev–Trinajstić information content (AvgIpc) is 3.22. The maximum atomic E-state index is 12.4. The maximum absolute atomic E-state index is 12.4. The number of aryl methyl sites for hydroxylation is 1. The molecule has 3 rings (SSSR count). The van der Waals surface area contributed by atoms with Gasteiger partial charge in [0.2, 0.25) is 17.6 Å². The fraction of sp³-hybridized carbons (Fsp3) is 0.318. The first-order valence-corrected chi connectivity index (χ1v) is 10.7. The number of aromatic nitrogens is 2. The Kier molecular flexibility index (Phi) is 7.30. The van der Waals surface area contributed by atoms with Gasteiger partial charge in [-0.3, -0.25) is 4.79 Å². The number of thioether (sulfide) groups is 1. The molecule has 29 heavy (non-hydrogen) atoms. The van der Waals surface area contributed by atoms with Gasteiger partial charge in [0.05, 0.1) is 17.6 Å². The summed E-state index contributed by atoms with van der Waals surface area (Å²) in [5, 5.41) is 6.69. The summed E-state index contributed by atoms with van der Waals surface area (Å²) < 4.78 is 10.7. The third-order valence-electron chi connectivity index (χ3n) is 4.35. The zero-order chi connectivity index (χ0) is 20.6. The molecule has 0 radical (unpaired) electrons. The molecule has 152 valence electrons. The Morgan fingerprint density at radius 1 is 1.14 bits per heavy atom. The molecule has 0 saturated heterocycles. The third kappa shape index (κ3) is 5.84. The number of ether oxygens (including phenoxy) is 1. The number of rotatable bonds is 9. The lowest BCUT2D eigenvalue weighted by atomic mass is 10.1. The minimum absolute atomic E-state index is 0.0750. The van der Waals surface area contributed by atoms with Crippen LogP contribution in [0.4, 0.5) is 5.69 Å². The number of hydrogen-bond acceptors (Lipinski definition) is 6. The van der Waals surface area contributed by atoms with Crippen LogP contribution in [-0.4, -0.2) is 27.9 Å². The van der Waals surface area contributed by atoms with Gasteiger partial charge in [0.15, 0.2) is 0 Å². The maximum Gasteiger partial charge on any atom is 0.237 e. The van der Waals surface area contributed by atoms with E-state index in [2.05, 4.69) is 34.5 Å². The van der Waals surface area contributed by atoms with E-state index in [1.165, 1.54) is 17.3 Å². The number of anilines is 1. The van der Waals surface area contributed by atoms with Crippen molar-refractivity contribution in [2.45, 2.75) is 38.2 Å². The first-order chi connectivity index (χ1) is 14.1. The molecule has 7 heteroatoms. The topological polar surface area (TPSA) is 77.2 Å². The molecule has 0 saturated carbocycles. The van der Waals surface area contributed by atoms with Crippen LogP contribution < -0.4 is 10.1 Å². The Labute approximate surface area is 175 Å². The van der Waals surface area contributed by atoms with Crippen LogP contribution in [0.15, 0.2) is 53.1 Å². The van der Waals surface area contributed by atoms with Gasteiger partial charge in [-0.15, -0.1) is 11.8 Å². The van der Waals surface area contributed by atoms with E-state index in [0.29, 0.717) is 24.1 Å². The van der Waals surface area contributed by atoms with Crippen LogP contribution in [0, 0.1) is 0 Å². The van der Waals surface area contributed by atoms with E-state index in [1.54, 1.807) is 0 Å². The highest BCUT2D eigenvalue weighted by Crippen LogP contribution is 2.22.